The Morgan fingerprint density at radius 2 is 1.83 bits per heavy atom. The van der Waals surface area contributed by atoms with Gasteiger partial charge in [0.05, 0.1) is 0 Å². The predicted molar refractivity (Wildman–Crippen MR) is 73.2 cm³/mol. The van der Waals surface area contributed by atoms with Crippen LogP contribution in [0.4, 0.5) is 4.39 Å². The van der Waals surface area contributed by atoms with Crippen molar-refractivity contribution < 1.29 is 4.39 Å². The number of benzene rings is 1. The van der Waals surface area contributed by atoms with E-state index in [2.05, 4.69) is 17.2 Å². The van der Waals surface area contributed by atoms with Gasteiger partial charge in [-0.25, -0.2) is 4.39 Å². The molecule has 2 aliphatic rings. The Bertz CT molecular complexity index is 466. The average molecular weight is 266 g/mol. The summed E-state index contributed by atoms with van der Waals surface area (Å²) < 4.78 is 12.7. The molecule has 3 heteroatoms. The maximum atomic E-state index is 12.7. The summed E-state index contributed by atoms with van der Waals surface area (Å²) in [7, 11) is 0. The average Bonchev–Trinajstić information content (AvgIpc) is 3.02. The van der Waals surface area contributed by atoms with Gasteiger partial charge in [0.25, 0.3) is 0 Å². The van der Waals surface area contributed by atoms with E-state index in [1.54, 1.807) is 12.1 Å². The van der Waals surface area contributed by atoms with Gasteiger partial charge >= 0.3 is 0 Å². The van der Waals surface area contributed by atoms with Gasteiger partial charge in [0, 0.05) is 11.5 Å². The quantitative estimate of drug-likeness (QED) is 0.711. The van der Waals surface area contributed by atoms with Crippen LogP contribution in [0.3, 0.4) is 0 Å². The molecule has 0 radical (unpaired) electrons. The van der Waals surface area contributed by atoms with Gasteiger partial charge in [-0.1, -0.05) is 11.8 Å². The van der Waals surface area contributed by atoms with Gasteiger partial charge in [-0.05, 0) is 62.0 Å². The molecule has 1 aliphatic heterocycles. The van der Waals surface area contributed by atoms with Crippen LogP contribution in [0, 0.1) is 29.0 Å². The molecule has 1 saturated carbocycles. The van der Waals surface area contributed by atoms with Crippen molar-refractivity contribution in [3.8, 4) is 11.8 Å². The van der Waals surface area contributed by atoms with Gasteiger partial charge in [-0.15, -0.1) is 12.4 Å². The summed E-state index contributed by atoms with van der Waals surface area (Å²) in [6, 6.07) is 6.44. The van der Waals surface area contributed by atoms with Crippen molar-refractivity contribution in [2.45, 2.75) is 19.3 Å². The molecule has 1 unspecified atom stereocenters. The van der Waals surface area contributed by atoms with Crippen LogP contribution in [0.15, 0.2) is 24.3 Å². The zero-order valence-corrected chi connectivity index (χ0v) is 11.0. The molecule has 1 saturated heterocycles. The third-order valence-electron chi connectivity index (χ3n) is 4.02. The maximum Gasteiger partial charge on any atom is 0.123 e. The van der Waals surface area contributed by atoms with Crippen LogP contribution < -0.4 is 5.32 Å². The van der Waals surface area contributed by atoms with Crippen LogP contribution in [0.2, 0.25) is 0 Å². The van der Waals surface area contributed by atoms with Crippen molar-refractivity contribution >= 4 is 12.4 Å². The van der Waals surface area contributed by atoms with Gasteiger partial charge in [0.2, 0.25) is 0 Å². The first-order chi connectivity index (χ1) is 8.28. The summed E-state index contributed by atoms with van der Waals surface area (Å²) in [5.41, 5.74) is 1.43. The second kappa shape index (κ2) is 5.30. The summed E-state index contributed by atoms with van der Waals surface area (Å²) in [5.74, 6) is 6.89. The van der Waals surface area contributed by atoms with Crippen molar-refractivity contribution in [1.82, 2.24) is 5.32 Å². The monoisotopic (exact) mass is 265 g/mol. The molecular formula is C15H17ClFN. The fraction of sp³-hybridized carbons (Fsp3) is 0.467. The highest BCUT2D eigenvalue weighted by atomic mass is 35.5. The van der Waals surface area contributed by atoms with Crippen molar-refractivity contribution in [3.05, 3.63) is 35.6 Å². The van der Waals surface area contributed by atoms with Crippen molar-refractivity contribution in [2.75, 3.05) is 13.1 Å². The molecule has 3 rings (SSSR count). The van der Waals surface area contributed by atoms with E-state index in [1.807, 2.05) is 0 Å². The smallest absolute Gasteiger partial charge is 0.123 e. The minimum atomic E-state index is -0.197. The van der Waals surface area contributed by atoms with Crippen molar-refractivity contribution in [3.63, 3.8) is 0 Å². The van der Waals surface area contributed by atoms with Crippen LogP contribution in [0.25, 0.3) is 0 Å². The highest BCUT2D eigenvalue weighted by Crippen LogP contribution is 2.58. The van der Waals surface area contributed by atoms with Gasteiger partial charge in [0.15, 0.2) is 0 Å². The minimum Gasteiger partial charge on any atom is -0.317 e. The highest BCUT2D eigenvalue weighted by Gasteiger charge is 2.52. The third kappa shape index (κ3) is 2.68. The second-order valence-corrected chi connectivity index (χ2v) is 5.15. The molecule has 1 N–H and O–H groups in total. The number of hydrogen-bond donors (Lipinski definition) is 1. The van der Waals surface area contributed by atoms with Crippen molar-refractivity contribution in [1.29, 1.82) is 0 Å². The topological polar surface area (TPSA) is 12.0 Å². The molecule has 0 bridgehead atoms. The maximum absolute atomic E-state index is 12.7. The van der Waals surface area contributed by atoms with Gasteiger partial charge in [-0.2, -0.15) is 0 Å². The largest absolute Gasteiger partial charge is 0.317 e. The van der Waals surface area contributed by atoms with Gasteiger partial charge in [-0.3, -0.25) is 0 Å². The molecule has 1 spiro atoms. The number of hydrogen-bond acceptors (Lipinski definition) is 1. The molecule has 1 atom stereocenters. The van der Waals surface area contributed by atoms with Crippen LogP contribution in [-0.4, -0.2) is 13.1 Å². The number of rotatable bonds is 0. The Labute approximate surface area is 114 Å². The fourth-order valence-corrected chi connectivity index (χ4v) is 2.73. The first-order valence-corrected chi connectivity index (χ1v) is 6.26. The van der Waals surface area contributed by atoms with Crippen molar-refractivity contribution in [2.24, 2.45) is 11.3 Å². The second-order valence-electron chi connectivity index (χ2n) is 5.15. The van der Waals surface area contributed by atoms with Crippen LogP contribution in [0.5, 0.6) is 0 Å². The Hall–Kier alpha value is -1.04. The number of halogens is 2. The normalized spacial score (nSPS) is 23.7. The first kappa shape index (κ1) is 13.4. The molecule has 2 fully saturated rings. The molecule has 1 nitrogen and oxygen atoms in total. The first-order valence-electron chi connectivity index (χ1n) is 6.26. The van der Waals surface area contributed by atoms with E-state index < -0.39 is 0 Å². The van der Waals surface area contributed by atoms with Crippen LogP contribution in [0.1, 0.15) is 24.8 Å². The third-order valence-corrected chi connectivity index (χ3v) is 4.02. The van der Waals surface area contributed by atoms with E-state index in [0.29, 0.717) is 11.3 Å². The standard InChI is InChI=1S/C15H16FN.ClH/c16-14-5-2-12(3-6-14)1-4-13-11-15(13)7-9-17-10-8-15;/h2-3,5-6,13,17H,7-11H2;1H. The van der Waals surface area contributed by atoms with Crippen LogP contribution in [-0.2, 0) is 0 Å². The molecule has 0 aromatic heterocycles. The molecule has 1 aromatic carbocycles. The summed E-state index contributed by atoms with van der Waals surface area (Å²) in [5, 5.41) is 3.39. The lowest BCUT2D eigenvalue weighted by molar-refractivity contribution is 0.339. The zero-order valence-electron chi connectivity index (χ0n) is 10.2. The van der Waals surface area contributed by atoms with Gasteiger partial charge in [0.1, 0.15) is 5.82 Å². The number of piperidine rings is 1. The number of nitrogens with one attached hydrogen (secondary N) is 1. The van der Waals surface area contributed by atoms with E-state index in [1.165, 1.54) is 31.4 Å². The Morgan fingerprint density at radius 1 is 1.17 bits per heavy atom. The Kier molecular flexibility index (Phi) is 3.94. The van der Waals surface area contributed by atoms with Crippen LogP contribution >= 0.6 is 12.4 Å². The minimum absolute atomic E-state index is 0. The van der Waals surface area contributed by atoms with E-state index in [4.69, 9.17) is 0 Å². The van der Waals surface area contributed by atoms with E-state index >= 15 is 0 Å². The Balaban J connectivity index is 0.00000120. The molecule has 96 valence electrons. The molecular weight excluding hydrogens is 249 g/mol. The summed E-state index contributed by atoms with van der Waals surface area (Å²) in [4.78, 5) is 0. The van der Waals surface area contributed by atoms with E-state index in [0.717, 1.165) is 18.7 Å². The lowest BCUT2D eigenvalue weighted by atomic mass is 9.92. The van der Waals surface area contributed by atoms with Gasteiger partial charge < -0.3 is 5.32 Å². The fourth-order valence-electron chi connectivity index (χ4n) is 2.73. The predicted octanol–water partition coefficient (Wildman–Crippen LogP) is 2.99. The SMILES string of the molecule is Cl.Fc1ccc(C#CC2CC23CCNCC3)cc1. The molecule has 1 heterocycles. The molecule has 0 amide bonds. The molecule has 1 aromatic rings. The highest BCUT2D eigenvalue weighted by molar-refractivity contribution is 5.85. The lowest BCUT2D eigenvalue weighted by Crippen LogP contribution is -2.29. The summed E-state index contributed by atoms with van der Waals surface area (Å²) >= 11 is 0. The zero-order chi connectivity index (χ0) is 11.7. The summed E-state index contributed by atoms with van der Waals surface area (Å²) in [6.07, 6.45) is 3.77. The molecule has 1 aliphatic carbocycles. The Morgan fingerprint density at radius 3 is 2.50 bits per heavy atom. The van der Waals surface area contributed by atoms with E-state index in [-0.39, 0.29) is 18.2 Å². The van der Waals surface area contributed by atoms with E-state index in [9.17, 15) is 4.39 Å². The lowest BCUT2D eigenvalue weighted by Gasteiger charge is -2.22. The molecule has 18 heavy (non-hydrogen) atoms. The summed E-state index contributed by atoms with van der Waals surface area (Å²) in [6.45, 7) is 2.27.